The van der Waals surface area contributed by atoms with Crippen LogP contribution in [0.1, 0.15) is 67.9 Å². The standard InChI is InChI=1S/C31H40N6O9/c1-29(2,3)44-26(40)35(10)24-32-21-20(23(34-24)43-18-19-14-12-11-13-15-19)22(33-25(39)36(21)16-17-38)37(27(41)45-30(4,5)6)28(42)46-31(7,8)9/h11-15,17H,16,18H2,1-10H3. The molecule has 2 aromatic heterocycles. The summed E-state index contributed by atoms with van der Waals surface area (Å²) in [5.74, 6) is -1.12. The summed E-state index contributed by atoms with van der Waals surface area (Å²) in [7, 11) is 1.34. The van der Waals surface area contributed by atoms with E-state index in [4.69, 9.17) is 18.9 Å². The molecule has 0 spiro atoms. The summed E-state index contributed by atoms with van der Waals surface area (Å²) in [6.45, 7) is 13.9. The minimum atomic E-state index is -1.22. The van der Waals surface area contributed by atoms with E-state index in [0.717, 1.165) is 9.47 Å². The number of benzene rings is 1. The fraction of sp³-hybridized carbons (Fsp3) is 0.484. The average molecular weight is 641 g/mol. The zero-order chi connectivity index (χ0) is 34.6. The van der Waals surface area contributed by atoms with Crippen LogP contribution in [-0.2, 0) is 32.2 Å². The van der Waals surface area contributed by atoms with Crippen molar-refractivity contribution in [1.29, 1.82) is 0 Å². The van der Waals surface area contributed by atoms with Crippen molar-refractivity contribution in [3.05, 3.63) is 46.4 Å². The second kappa shape index (κ2) is 13.5. The number of nitrogens with zero attached hydrogens (tertiary/aromatic N) is 6. The fourth-order valence-corrected chi connectivity index (χ4v) is 3.76. The van der Waals surface area contributed by atoms with Crippen molar-refractivity contribution < 1.29 is 38.1 Å². The number of ether oxygens (including phenoxy) is 4. The molecular weight excluding hydrogens is 600 g/mol. The second-order valence-electron chi connectivity index (χ2n) is 13.1. The maximum Gasteiger partial charge on any atom is 0.425 e. The minimum Gasteiger partial charge on any atom is -0.472 e. The zero-order valence-corrected chi connectivity index (χ0v) is 27.7. The van der Waals surface area contributed by atoms with Crippen LogP contribution in [0.3, 0.4) is 0 Å². The van der Waals surface area contributed by atoms with Gasteiger partial charge in [0.1, 0.15) is 35.1 Å². The largest absolute Gasteiger partial charge is 0.472 e. The molecule has 3 amide bonds. The van der Waals surface area contributed by atoms with Crippen molar-refractivity contribution >= 4 is 47.4 Å². The first-order chi connectivity index (χ1) is 21.2. The number of aromatic nitrogens is 4. The SMILES string of the molecule is CN(C(=O)OC(C)(C)C)c1nc(OCc2ccccc2)c2c(N(C(=O)OC(C)(C)C)C(=O)OC(C)(C)C)nc(=O)n(CC=O)c2n1. The first-order valence-corrected chi connectivity index (χ1v) is 14.4. The Hall–Kier alpha value is -5.08. The molecule has 0 radical (unpaired) electrons. The minimum absolute atomic E-state index is 0.0757. The molecule has 0 unspecified atom stereocenters. The number of carbonyl (C=O) groups excluding carboxylic acids is 4. The van der Waals surface area contributed by atoms with Gasteiger partial charge in [-0.25, -0.2) is 24.1 Å². The highest BCUT2D eigenvalue weighted by Crippen LogP contribution is 2.34. The highest BCUT2D eigenvalue weighted by molar-refractivity contribution is 6.14. The van der Waals surface area contributed by atoms with E-state index in [1.807, 2.05) is 6.07 Å². The van der Waals surface area contributed by atoms with Gasteiger partial charge < -0.3 is 23.7 Å². The van der Waals surface area contributed by atoms with E-state index >= 15 is 0 Å². The van der Waals surface area contributed by atoms with E-state index in [1.165, 1.54) is 7.05 Å². The van der Waals surface area contributed by atoms with Gasteiger partial charge in [-0.15, -0.1) is 0 Å². The van der Waals surface area contributed by atoms with Crippen LogP contribution < -0.4 is 20.2 Å². The number of hydrogen-bond donors (Lipinski definition) is 0. The molecule has 0 fully saturated rings. The topological polar surface area (TPSA) is 172 Å². The Balaban J connectivity index is 2.43. The third-order valence-corrected chi connectivity index (χ3v) is 5.56. The summed E-state index contributed by atoms with van der Waals surface area (Å²) in [4.78, 5) is 79.5. The van der Waals surface area contributed by atoms with Crippen LogP contribution in [0.25, 0.3) is 11.0 Å². The number of aldehydes is 1. The van der Waals surface area contributed by atoms with E-state index in [9.17, 15) is 24.0 Å². The molecule has 46 heavy (non-hydrogen) atoms. The van der Waals surface area contributed by atoms with Gasteiger partial charge in [0.05, 0.1) is 6.54 Å². The van der Waals surface area contributed by atoms with Crippen LogP contribution in [0.4, 0.5) is 26.1 Å². The summed E-state index contributed by atoms with van der Waals surface area (Å²) < 4.78 is 23.4. The molecule has 3 rings (SSSR count). The van der Waals surface area contributed by atoms with Crippen LogP contribution in [-0.4, -0.2) is 67.9 Å². The molecule has 2 heterocycles. The fourth-order valence-electron chi connectivity index (χ4n) is 3.76. The lowest BCUT2D eigenvalue weighted by molar-refractivity contribution is -0.108. The predicted molar refractivity (Wildman–Crippen MR) is 168 cm³/mol. The summed E-state index contributed by atoms with van der Waals surface area (Å²) >= 11 is 0. The summed E-state index contributed by atoms with van der Waals surface area (Å²) in [5.41, 5.74) is -3.64. The normalized spacial score (nSPS) is 11.9. The highest BCUT2D eigenvalue weighted by atomic mass is 16.6. The van der Waals surface area contributed by atoms with E-state index < -0.39 is 53.1 Å². The smallest absolute Gasteiger partial charge is 0.425 e. The molecule has 3 aromatic rings. The third kappa shape index (κ3) is 9.22. The molecule has 0 bridgehead atoms. The Morgan fingerprint density at radius 1 is 0.804 bits per heavy atom. The van der Waals surface area contributed by atoms with Crippen LogP contribution in [0.2, 0.25) is 0 Å². The summed E-state index contributed by atoms with van der Waals surface area (Å²) in [6, 6.07) is 8.97. The molecule has 1 aromatic carbocycles. The Labute approximate surface area is 266 Å². The number of carbonyl (C=O) groups is 4. The predicted octanol–water partition coefficient (Wildman–Crippen LogP) is 5.01. The summed E-state index contributed by atoms with van der Waals surface area (Å²) in [6.07, 6.45) is -2.83. The third-order valence-electron chi connectivity index (χ3n) is 5.56. The van der Waals surface area contributed by atoms with Crippen molar-refractivity contribution in [1.82, 2.24) is 19.5 Å². The van der Waals surface area contributed by atoms with Gasteiger partial charge in [-0.2, -0.15) is 19.9 Å². The molecule has 0 aliphatic heterocycles. The van der Waals surface area contributed by atoms with E-state index in [-0.39, 0.29) is 29.5 Å². The highest BCUT2D eigenvalue weighted by Gasteiger charge is 2.37. The van der Waals surface area contributed by atoms with Crippen molar-refractivity contribution in [2.75, 3.05) is 16.8 Å². The average Bonchev–Trinajstić information content (AvgIpc) is 2.90. The van der Waals surface area contributed by atoms with Crippen molar-refractivity contribution in [3.8, 4) is 5.88 Å². The van der Waals surface area contributed by atoms with Gasteiger partial charge in [0.2, 0.25) is 11.8 Å². The lowest BCUT2D eigenvalue weighted by atomic mass is 10.2. The van der Waals surface area contributed by atoms with Crippen molar-refractivity contribution in [2.24, 2.45) is 0 Å². The van der Waals surface area contributed by atoms with Crippen molar-refractivity contribution in [2.45, 2.75) is 92.3 Å². The number of fused-ring (bicyclic) bond motifs is 1. The van der Waals surface area contributed by atoms with Gasteiger partial charge in [-0.05, 0) is 67.9 Å². The van der Waals surface area contributed by atoms with Crippen LogP contribution in [0.5, 0.6) is 5.88 Å². The van der Waals surface area contributed by atoms with Crippen LogP contribution >= 0.6 is 0 Å². The molecule has 248 valence electrons. The van der Waals surface area contributed by atoms with Gasteiger partial charge >= 0.3 is 24.0 Å². The number of anilines is 2. The second-order valence-corrected chi connectivity index (χ2v) is 13.1. The molecule has 0 atom stereocenters. The molecule has 0 aliphatic rings. The number of rotatable bonds is 7. The Morgan fingerprint density at radius 3 is 1.83 bits per heavy atom. The van der Waals surface area contributed by atoms with Gasteiger partial charge in [-0.3, -0.25) is 4.57 Å². The van der Waals surface area contributed by atoms with Crippen molar-refractivity contribution in [3.63, 3.8) is 0 Å². The lowest BCUT2D eigenvalue weighted by Gasteiger charge is -2.29. The quantitative estimate of drug-likeness (QED) is 0.250. The van der Waals surface area contributed by atoms with Gasteiger partial charge in [0, 0.05) is 7.05 Å². The van der Waals surface area contributed by atoms with Crippen LogP contribution in [0.15, 0.2) is 35.1 Å². The maximum atomic E-state index is 13.6. The van der Waals surface area contributed by atoms with E-state index in [0.29, 0.717) is 16.7 Å². The Bertz CT molecular complexity index is 1640. The number of amides is 3. The molecule has 15 nitrogen and oxygen atoms in total. The first-order valence-electron chi connectivity index (χ1n) is 14.4. The first kappa shape index (κ1) is 35.4. The maximum absolute atomic E-state index is 13.6. The van der Waals surface area contributed by atoms with Gasteiger partial charge in [-0.1, -0.05) is 30.3 Å². The monoisotopic (exact) mass is 640 g/mol. The molecule has 0 aliphatic carbocycles. The Morgan fingerprint density at radius 2 is 1.33 bits per heavy atom. The summed E-state index contributed by atoms with van der Waals surface area (Å²) in [5, 5.41) is -0.213. The molecular formula is C31H40N6O9. The molecule has 0 saturated carbocycles. The lowest BCUT2D eigenvalue weighted by Crippen LogP contribution is -2.45. The number of imide groups is 1. The van der Waals surface area contributed by atoms with Gasteiger partial charge in [0.15, 0.2) is 11.5 Å². The zero-order valence-electron chi connectivity index (χ0n) is 27.7. The molecule has 0 N–H and O–H groups in total. The number of hydrogen-bond acceptors (Lipinski definition) is 12. The molecule has 0 saturated heterocycles. The Kier molecular flexibility index (Phi) is 10.4. The van der Waals surface area contributed by atoms with E-state index in [1.54, 1.807) is 86.6 Å². The van der Waals surface area contributed by atoms with Gasteiger partial charge in [0.25, 0.3) is 0 Å². The van der Waals surface area contributed by atoms with Crippen LogP contribution in [0, 0.1) is 0 Å². The van der Waals surface area contributed by atoms with E-state index in [2.05, 4.69) is 15.0 Å². The molecule has 15 heteroatoms.